The molecule has 4 nitrogen and oxygen atoms in total. The Morgan fingerprint density at radius 1 is 1.47 bits per heavy atom. The van der Waals surface area contributed by atoms with Crippen molar-refractivity contribution >= 4 is 0 Å². The topological polar surface area (TPSA) is 33.1 Å². The number of aryl methyl sites for hydroxylation is 1. The van der Waals surface area contributed by atoms with Gasteiger partial charge in [-0.15, -0.1) is 0 Å². The molecule has 2 atom stereocenters. The average molecular weight is 234 g/mol. The lowest BCUT2D eigenvalue weighted by Crippen LogP contribution is -2.34. The van der Waals surface area contributed by atoms with Gasteiger partial charge < -0.3 is 5.32 Å². The van der Waals surface area contributed by atoms with E-state index in [0.717, 1.165) is 18.6 Å². The van der Waals surface area contributed by atoms with Crippen molar-refractivity contribution in [2.75, 3.05) is 6.54 Å². The molecule has 17 heavy (non-hydrogen) atoms. The van der Waals surface area contributed by atoms with Crippen LogP contribution in [-0.2, 0) is 13.6 Å². The van der Waals surface area contributed by atoms with E-state index in [4.69, 9.17) is 0 Å². The van der Waals surface area contributed by atoms with E-state index in [0.29, 0.717) is 6.04 Å². The molecule has 0 radical (unpaired) electrons. The van der Waals surface area contributed by atoms with Crippen molar-refractivity contribution in [3.8, 4) is 0 Å². The molecule has 3 rings (SSSR count). The summed E-state index contributed by atoms with van der Waals surface area (Å²) in [6.07, 6.45) is 5.98. The van der Waals surface area contributed by atoms with Gasteiger partial charge in [0.25, 0.3) is 0 Å². The van der Waals surface area contributed by atoms with Crippen molar-refractivity contribution in [2.24, 2.45) is 7.05 Å². The number of hydrogen-bond donors (Lipinski definition) is 1. The van der Waals surface area contributed by atoms with E-state index in [-0.39, 0.29) is 0 Å². The van der Waals surface area contributed by atoms with Crippen LogP contribution in [0.25, 0.3) is 0 Å². The summed E-state index contributed by atoms with van der Waals surface area (Å²) in [5, 5.41) is 7.86. The van der Waals surface area contributed by atoms with Crippen LogP contribution in [0.15, 0.2) is 12.3 Å². The van der Waals surface area contributed by atoms with Gasteiger partial charge in [0.05, 0.1) is 5.69 Å². The zero-order valence-electron chi connectivity index (χ0n) is 10.8. The number of nitrogens with zero attached hydrogens (tertiary/aromatic N) is 3. The molecule has 1 aliphatic carbocycles. The summed E-state index contributed by atoms with van der Waals surface area (Å²) in [4.78, 5) is 2.68. The molecule has 2 unspecified atom stereocenters. The van der Waals surface area contributed by atoms with Gasteiger partial charge >= 0.3 is 0 Å². The van der Waals surface area contributed by atoms with Gasteiger partial charge in [0.15, 0.2) is 0 Å². The van der Waals surface area contributed by atoms with Crippen LogP contribution in [0, 0.1) is 0 Å². The highest BCUT2D eigenvalue weighted by molar-refractivity contribution is 5.01. The third kappa shape index (κ3) is 2.38. The van der Waals surface area contributed by atoms with Crippen molar-refractivity contribution in [3.63, 3.8) is 0 Å². The molecule has 1 saturated carbocycles. The summed E-state index contributed by atoms with van der Waals surface area (Å²) >= 11 is 0. The van der Waals surface area contributed by atoms with Crippen LogP contribution in [-0.4, -0.2) is 39.4 Å². The van der Waals surface area contributed by atoms with Crippen LogP contribution >= 0.6 is 0 Å². The fourth-order valence-electron chi connectivity index (χ4n) is 2.94. The summed E-state index contributed by atoms with van der Waals surface area (Å²) in [5.41, 5.74) is 1.27. The molecule has 4 heteroatoms. The lowest BCUT2D eigenvalue weighted by molar-refractivity contribution is 0.255. The first-order valence-corrected chi connectivity index (χ1v) is 6.70. The molecule has 1 N–H and O–H groups in total. The van der Waals surface area contributed by atoms with Crippen LogP contribution in [0.3, 0.4) is 0 Å². The van der Waals surface area contributed by atoms with E-state index in [2.05, 4.69) is 28.3 Å². The minimum atomic E-state index is 0.653. The highest BCUT2D eigenvalue weighted by Gasteiger charge is 2.38. The fraction of sp³-hybridized carbons (Fsp3) is 0.769. The van der Waals surface area contributed by atoms with E-state index in [9.17, 15) is 0 Å². The Morgan fingerprint density at radius 2 is 2.29 bits per heavy atom. The average Bonchev–Trinajstić information content (AvgIpc) is 2.96. The van der Waals surface area contributed by atoms with Crippen LogP contribution in [0.4, 0.5) is 0 Å². The molecule has 1 saturated heterocycles. The second-order valence-corrected chi connectivity index (χ2v) is 5.54. The highest BCUT2D eigenvalue weighted by Crippen LogP contribution is 2.33. The quantitative estimate of drug-likeness (QED) is 0.848. The molecule has 1 aromatic heterocycles. The predicted octanol–water partition coefficient (Wildman–Crippen LogP) is 1.13. The first-order chi connectivity index (χ1) is 8.24. The molecule has 0 spiro atoms. The maximum absolute atomic E-state index is 4.20. The minimum Gasteiger partial charge on any atom is -0.307 e. The Morgan fingerprint density at radius 3 is 2.94 bits per heavy atom. The van der Waals surface area contributed by atoms with Crippen LogP contribution in [0.5, 0.6) is 0 Å². The first-order valence-electron chi connectivity index (χ1n) is 6.70. The largest absolute Gasteiger partial charge is 0.307 e. The Bertz CT molecular complexity index is 383. The van der Waals surface area contributed by atoms with E-state index in [1.165, 1.54) is 31.5 Å². The number of aromatic nitrogens is 2. The van der Waals surface area contributed by atoms with Gasteiger partial charge in [0.2, 0.25) is 0 Å². The van der Waals surface area contributed by atoms with Crippen LogP contribution < -0.4 is 5.32 Å². The van der Waals surface area contributed by atoms with Crippen molar-refractivity contribution in [2.45, 2.75) is 50.9 Å². The van der Waals surface area contributed by atoms with Crippen molar-refractivity contribution < 1.29 is 0 Å². The molecule has 2 fully saturated rings. The van der Waals surface area contributed by atoms with Gasteiger partial charge in [-0.3, -0.25) is 9.58 Å². The third-order valence-electron chi connectivity index (χ3n) is 4.13. The maximum Gasteiger partial charge on any atom is 0.0518 e. The minimum absolute atomic E-state index is 0.653. The summed E-state index contributed by atoms with van der Waals surface area (Å²) in [7, 11) is 2.00. The zero-order chi connectivity index (χ0) is 11.8. The number of nitrogens with one attached hydrogen (secondary N) is 1. The molecule has 0 aromatic carbocycles. The van der Waals surface area contributed by atoms with Crippen molar-refractivity contribution in [1.82, 2.24) is 20.0 Å². The normalized spacial score (nSPS) is 30.0. The van der Waals surface area contributed by atoms with Gasteiger partial charge in [-0.05, 0) is 32.3 Å². The SMILES string of the molecule is CC1CC(NCc2ccnn2C)CN1C1CC1. The Kier molecular flexibility index (Phi) is 2.92. The molecule has 2 aliphatic rings. The third-order valence-corrected chi connectivity index (χ3v) is 4.13. The van der Waals surface area contributed by atoms with E-state index in [1.807, 2.05) is 17.9 Å². The Balaban J connectivity index is 1.51. The number of likely N-dealkylation sites (tertiary alicyclic amines) is 1. The zero-order valence-corrected chi connectivity index (χ0v) is 10.8. The lowest BCUT2D eigenvalue weighted by atomic mass is 10.2. The summed E-state index contributed by atoms with van der Waals surface area (Å²) in [6.45, 7) is 4.53. The molecule has 1 aliphatic heterocycles. The van der Waals surface area contributed by atoms with Crippen LogP contribution in [0.1, 0.15) is 31.9 Å². The Labute approximate surface area is 103 Å². The van der Waals surface area contributed by atoms with Gasteiger partial charge in [0.1, 0.15) is 0 Å². The smallest absolute Gasteiger partial charge is 0.0518 e. The number of rotatable bonds is 4. The molecule has 0 amide bonds. The summed E-state index contributed by atoms with van der Waals surface area (Å²) in [6, 6.07) is 4.39. The second-order valence-electron chi connectivity index (χ2n) is 5.54. The van der Waals surface area contributed by atoms with Gasteiger partial charge in [-0.1, -0.05) is 0 Å². The monoisotopic (exact) mass is 234 g/mol. The maximum atomic E-state index is 4.20. The van der Waals surface area contributed by atoms with Gasteiger partial charge in [0, 0.05) is 44.5 Å². The molecule has 0 bridgehead atoms. The molecular formula is C13H22N4. The van der Waals surface area contributed by atoms with Gasteiger partial charge in [-0.2, -0.15) is 5.10 Å². The predicted molar refractivity (Wildman–Crippen MR) is 67.6 cm³/mol. The molecule has 1 aromatic rings. The van der Waals surface area contributed by atoms with Crippen LogP contribution in [0.2, 0.25) is 0 Å². The Hall–Kier alpha value is -0.870. The summed E-state index contributed by atoms with van der Waals surface area (Å²) in [5.74, 6) is 0. The van der Waals surface area contributed by atoms with E-state index >= 15 is 0 Å². The summed E-state index contributed by atoms with van der Waals surface area (Å²) < 4.78 is 1.95. The lowest BCUT2D eigenvalue weighted by Gasteiger charge is -2.19. The molecular weight excluding hydrogens is 212 g/mol. The fourth-order valence-corrected chi connectivity index (χ4v) is 2.94. The van der Waals surface area contributed by atoms with Crippen molar-refractivity contribution in [3.05, 3.63) is 18.0 Å². The highest BCUT2D eigenvalue weighted by atomic mass is 15.3. The first kappa shape index (κ1) is 11.2. The van der Waals surface area contributed by atoms with Gasteiger partial charge in [-0.25, -0.2) is 0 Å². The van der Waals surface area contributed by atoms with E-state index in [1.54, 1.807) is 0 Å². The standard InChI is InChI=1S/C13H22N4/c1-10-7-11(9-17(10)12-3-4-12)14-8-13-5-6-15-16(13)2/h5-6,10-12,14H,3-4,7-9H2,1-2H3. The second kappa shape index (κ2) is 4.42. The molecule has 2 heterocycles. The molecule has 94 valence electrons. The van der Waals surface area contributed by atoms with Crippen molar-refractivity contribution in [1.29, 1.82) is 0 Å². The van der Waals surface area contributed by atoms with E-state index < -0.39 is 0 Å². The number of hydrogen-bond acceptors (Lipinski definition) is 3.